The second kappa shape index (κ2) is 4.35. The molecule has 2 rings (SSSR count). The van der Waals surface area contributed by atoms with E-state index in [1.807, 2.05) is 0 Å². The van der Waals surface area contributed by atoms with Gasteiger partial charge in [0.25, 0.3) is 0 Å². The molecule has 0 radical (unpaired) electrons. The molecule has 0 heterocycles. The van der Waals surface area contributed by atoms with Gasteiger partial charge >= 0.3 is 0 Å². The maximum absolute atomic E-state index is 12.8. The largest absolute Gasteiger partial charge is 0.389 e. The van der Waals surface area contributed by atoms with Gasteiger partial charge in [-0.2, -0.15) is 0 Å². The fourth-order valence-electron chi connectivity index (χ4n) is 2.75. The van der Waals surface area contributed by atoms with Crippen LogP contribution in [0, 0.1) is 0 Å². The predicted molar refractivity (Wildman–Crippen MR) is 71.1 cm³/mol. The van der Waals surface area contributed by atoms with Crippen molar-refractivity contribution in [1.29, 1.82) is 0 Å². The number of hydrogen-bond acceptors (Lipinski definition) is 3. The van der Waals surface area contributed by atoms with Crippen LogP contribution in [0.2, 0.25) is 0 Å². The molecule has 1 aliphatic carbocycles. The molecule has 1 fully saturated rings. The van der Waals surface area contributed by atoms with E-state index in [4.69, 9.17) is 0 Å². The molecule has 4 heteroatoms. The number of benzene rings is 1. The Morgan fingerprint density at radius 3 is 2.17 bits per heavy atom. The van der Waals surface area contributed by atoms with E-state index in [2.05, 4.69) is 0 Å². The third-order valence-electron chi connectivity index (χ3n) is 4.35. The molecule has 1 aliphatic rings. The Balaban J connectivity index is 2.53. The van der Waals surface area contributed by atoms with Gasteiger partial charge in [-0.1, -0.05) is 31.0 Å². The first-order valence-electron chi connectivity index (χ1n) is 6.33. The molecule has 3 nitrogen and oxygen atoms in total. The number of aliphatic hydroxyl groups is 1. The lowest BCUT2D eigenvalue weighted by Crippen LogP contribution is -2.57. The van der Waals surface area contributed by atoms with Crippen LogP contribution in [0.4, 0.5) is 0 Å². The van der Waals surface area contributed by atoms with Gasteiger partial charge in [-0.15, -0.1) is 0 Å². The molecule has 0 amide bonds. The van der Waals surface area contributed by atoms with Crippen LogP contribution in [0.25, 0.3) is 0 Å². The number of rotatable bonds is 2. The van der Waals surface area contributed by atoms with Crippen molar-refractivity contribution in [3.05, 3.63) is 30.3 Å². The van der Waals surface area contributed by atoms with Gasteiger partial charge in [0, 0.05) is 0 Å². The molecule has 0 aromatic heterocycles. The summed E-state index contributed by atoms with van der Waals surface area (Å²) in [4.78, 5) is 0.301. The van der Waals surface area contributed by atoms with Crippen LogP contribution in [-0.2, 0) is 9.84 Å². The van der Waals surface area contributed by atoms with E-state index in [9.17, 15) is 13.5 Å². The predicted octanol–water partition coefficient (Wildman–Crippen LogP) is 2.54. The van der Waals surface area contributed by atoms with Crippen LogP contribution >= 0.6 is 0 Å². The first-order chi connectivity index (χ1) is 8.31. The second-order valence-electron chi connectivity index (χ2n) is 5.53. The standard InChI is InChI=1S/C14H20O3S/c1-13(15)10-6-7-11-14(13,2)18(16,17)12-8-4-3-5-9-12/h3-5,8-9,15H,6-7,10-11H2,1-2H3/t13-,14-/m0/s1. The molecule has 1 N–H and O–H groups in total. The monoisotopic (exact) mass is 268 g/mol. The van der Waals surface area contributed by atoms with Crippen molar-refractivity contribution < 1.29 is 13.5 Å². The van der Waals surface area contributed by atoms with Crippen molar-refractivity contribution in [2.45, 2.75) is 54.8 Å². The van der Waals surface area contributed by atoms with Gasteiger partial charge in [0.2, 0.25) is 0 Å². The minimum atomic E-state index is -3.52. The van der Waals surface area contributed by atoms with Crippen LogP contribution in [0.15, 0.2) is 35.2 Å². The fraction of sp³-hybridized carbons (Fsp3) is 0.571. The zero-order valence-corrected chi connectivity index (χ0v) is 11.7. The summed E-state index contributed by atoms with van der Waals surface area (Å²) in [6.07, 6.45) is 2.78. The van der Waals surface area contributed by atoms with Crippen LogP contribution in [0.1, 0.15) is 39.5 Å². The van der Waals surface area contributed by atoms with E-state index in [1.165, 1.54) is 0 Å². The number of hydrogen-bond donors (Lipinski definition) is 1. The highest BCUT2D eigenvalue weighted by atomic mass is 32.2. The Morgan fingerprint density at radius 2 is 1.61 bits per heavy atom. The van der Waals surface area contributed by atoms with Gasteiger partial charge in [0.15, 0.2) is 9.84 Å². The molecule has 1 aromatic carbocycles. The fourth-order valence-corrected chi connectivity index (χ4v) is 4.88. The lowest BCUT2D eigenvalue weighted by Gasteiger charge is -2.45. The van der Waals surface area contributed by atoms with E-state index < -0.39 is 20.2 Å². The lowest BCUT2D eigenvalue weighted by atomic mass is 9.77. The summed E-state index contributed by atoms with van der Waals surface area (Å²) in [7, 11) is -3.52. The highest BCUT2D eigenvalue weighted by Gasteiger charge is 2.54. The van der Waals surface area contributed by atoms with Gasteiger partial charge in [-0.05, 0) is 38.8 Å². The Morgan fingerprint density at radius 1 is 1.06 bits per heavy atom. The van der Waals surface area contributed by atoms with Crippen molar-refractivity contribution in [2.24, 2.45) is 0 Å². The van der Waals surface area contributed by atoms with Crippen molar-refractivity contribution >= 4 is 9.84 Å². The summed E-state index contributed by atoms with van der Waals surface area (Å²) in [5.74, 6) is 0. The minimum absolute atomic E-state index is 0.301. The summed E-state index contributed by atoms with van der Waals surface area (Å²) >= 11 is 0. The molecule has 0 bridgehead atoms. The van der Waals surface area contributed by atoms with Gasteiger partial charge in [0.05, 0.1) is 10.5 Å². The Hall–Kier alpha value is -0.870. The molecule has 0 spiro atoms. The maximum atomic E-state index is 12.8. The molecule has 0 unspecified atom stereocenters. The molecule has 0 aliphatic heterocycles. The zero-order chi connectivity index (χ0) is 13.4. The third-order valence-corrected chi connectivity index (χ3v) is 7.08. The van der Waals surface area contributed by atoms with Crippen LogP contribution in [0.5, 0.6) is 0 Å². The second-order valence-corrected chi connectivity index (χ2v) is 7.91. The van der Waals surface area contributed by atoms with E-state index in [-0.39, 0.29) is 0 Å². The van der Waals surface area contributed by atoms with Crippen molar-refractivity contribution in [3.63, 3.8) is 0 Å². The van der Waals surface area contributed by atoms with Crippen molar-refractivity contribution in [1.82, 2.24) is 0 Å². The van der Waals surface area contributed by atoms with E-state index in [1.54, 1.807) is 44.2 Å². The Bertz CT molecular complexity index is 519. The highest BCUT2D eigenvalue weighted by molar-refractivity contribution is 7.93. The van der Waals surface area contributed by atoms with Gasteiger partial charge in [-0.3, -0.25) is 0 Å². The summed E-state index contributed by atoms with van der Waals surface area (Å²) in [5, 5.41) is 10.5. The quantitative estimate of drug-likeness (QED) is 0.896. The zero-order valence-electron chi connectivity index (χ0n) is 10.9. The van der Waals surface area contributed by atoms with Crippen LogP contribution in [-0.4, -0.2) is 23.9 Å². The van der Waals surface area contributed by atoms with Crippen LogP contribution in [0.3, 0.4) is 0 Å². The molecule has 1 saturated carbocycles. The highest BCUT2D eigenvalue weighted by Crippen LogP contribution is 2.45. The normalized spacial score (nSPS) is 33.3. The molecule has 18 heavy (non-hydrogen) atoms. The van der Waals surface area contributed by atoms with Crippen molar-refractivity contribution in [3.8, 4) is 0 Å². The van der Waals surface area contributed by atoms with E-state index in [0.717, 1.165) is 12.8 Å². The van der Waals surface area contributed by atoms with Gasteiger partial charge in [0.1, 0.15) is 4.75 Å². The van der Waals surface area contributed by atoms with E-state index >= 15 is 0 Å². The Kier molecular flexibility index (Phi) is 3.28. The topological polar surface area (TPSA) is 54.4 Å². The first-order valence-corrected chi connectivity index (χ1v) is 7.82. The molecular weight excluding hydrogens is 248 g/mol. The Labute approximate surface area is 109 Å². The summed E-state index contributed by atoms with van der Waals surface area (Å²) in [5.41, 5.74) is -1.17. The summed E-state index contributed by atoms with van der Waals surface area (Å²) in [6.45, 7) is 3.32. The summed E-state index contributed by atoms with van der Waals surface area (Å²) < 4.78 is 24.4. The lowest BCUT2D eigenvalue weighted by molar-refractivity contribution is -0.00986. The molecule has 0 saturated heterocycles. The average molecular weight is 268 g/mol. The minimum Gasteiger partial charge on any atom is -0.389 e. The smallest absolute Gasteiger partial charge is 0.186 e. The molecule has 1 aromatic rings. The third kappa shape index (κ3) is 1.88. The first kappa shape index (κ1) is 13.6. The SMILES string of the molecule is C[C@]1(O)CCCC[C@]1(C)S(=O)(=O)c1ccccc1. The molecular formula is C14H20O3S. The molecule has 100 valence electrons. The average Bonchev–Trinajstić information content (AvgIpc) is 2.34. The van der Waals surface area contributed by atoms with Gasteiger partial charge < -0.3 is 5.11 Å². The maximum Gasteiger partial charge on any atom is 0.186 e. The van der Waals surface area contributed by atoms with Crippen molar-refractivity contribution in [2.75, 3.05) is 0 Å². The van der Waals surface area contributed by atoms with Gasteiger partial charge in [-0.25, -0.2) is 8.42 Å². The van der Waals surface area contributed by atoms with Crippen LogP contribution < -0.4 is 0 Å². The molecule has 2 atom stereocenters. The summed E-state index contributed by atoms with van der Waals surface area (Å²) in [6, 6.07) is 8.43. The number of sulfone groups is 1. The van der Waals surface area contributed by atoms with E-state index in [0.29, 0.717) is 17.7 Å².